The predicted octanol–water partition coefficient (Wildman–Crippen LogP) is 3.39. The molecule has 0 fully saturated rings. The van der Waals surface area contributed by atoms with Gasteiger partial charge in [-0.25, -0.2) is 9.97 Å². The quantitative estimate of drug-likeness (QED) is 0.789. The summed E-state index contributed by atoms with van der Waals surface area (Å²) in [4.78, 5) is 22.3. The number of carbonyl (C=O) groups excluding carboxylic acids is 1. The molecule has 7 heteroatoms. The van der Waals surface area contributed by atoms with Gasteiger partial charge in [0, 0.05) is 22.7 Å². The Morgan fingerprint density at radius 2 is 2.00 bits per heavy atom. The van der Waals surface area contributed by atoms with Crippen molar-refractivity contribution >= 4 is 23.1 Å². The molecule has 0 radical (unpaired) electrons. The fraction of sp³-hybridized carbons (Fsp3) is 0.294. The Morgan fingerprint density at radius 3 is 2.67 bits per heavy atom. The van der Waals surface area contributed by atoms with E-state index in [4.69, 9.17) is 0 Å². The van der Waals surface area contributed by atoms with Gasteiger partial charge in [0.1, 0.15) is 11.6 Å². The topological polar surface area (TPSA) is 72.7 Å². The zero-order valence-corrected chi connectivity index (χ0v) is 14.9. The number of nitrogens with one attached hydrogen (secondary N) is 1. The molecule has 0 aliphatic carbocycles. The zero-order valence-electron chi connectivity index (χ0n) is 14.1. The van der Waals surface area contributed by atoms with Gasteiger partial charge in [-0.2, -0.15) is 9.78 Å². The fourth-order valence-corrected chi connectivity index (χ4v) is 3.25. The number of nitrogens with zero attached hydrogens (tertiary/aromatic N) is 4. The number of aryl methyl sites for hydroxylation is 3. The second-order valence-corrected chi connectivity index (χ2v) is 6.70. The van der Waals surface area contributed by atoms with E-state index in [1.54, 1.807) is 16.0 Å². The monoisotopic (exact) mass is 341 g/mol. The number of carbonyl (C=O) groups is 1. The molecule has 0 unspecified atom stereocenters. The molecule has 3 heterocycles. The maximum atomic E-state index is 12.6. The van der Waals surface area contributed by atoms with Crippen LogP contribution in [-0.2, 0) is 4.79 Å². The second-order valence-electron chi connectivity index (χ2n) is 5.72. The minimum atomic E-state index is -0.220. The molecular weight excluding hydrogens is 322 g/mol. The minimum absolute atomic E-state index is 0.0684. The van der Waals surface area contributed by atoms with Gasteiger partial charge in [0.2, 0.25) is 5.91 Å². The van der Waals surface area contributed by atoms with Crippen molar-refractivity contribution < 1.29 is 4.79 Å². The summed E-state index contributed by atoms with van der Waals surface area (Å²) in [7, 11) is 0. The van der Waals surface area contributed by atoms with Gasteiger partial charge < -0.3 is 5.32 Å². The van der Waals surface area contributed by atoms with E-state index in [0.717, 1.165) is 16.3 Å². The molecule has 1 N–H and O–H groups in total. The molecule has 6 nitrogen and oxygen atoms in total. The van der Waals surface area contributed by atoms with E-state index in [9.17, 15) is 4.79 Å². The SMILES string of the molecule is Cc1cc(-n2nc(C)cc2NC(=O)[C@H](C)c2cccs2)nc(C)n1. The van der Waals surface area contributed by atoms with Crippen LogP contribution in [0, 0.1) is 20.8 Å². The maximum Gasteiger partial charge on any atom is 0.233 e. The summed E-state index contributed by atoms with van der Waals surface area (Å²) in [5, 5.41) is 9.39. The van der Waals surface area contributed by atoms with Crippen LogP contribution in [0.2, 0.25) is 0 Å². The van der Waals surface area contributed by atoms with Crippen LogP contribution in [-0.4, -0.2) is 25.7 Å². The van der Waals surface area contributed by atoms with Gasteiger partial charge >= 0.3 is 0 Å². The van der Waals surface area contributed by atoms with Crippen molar-refractivity contribution in [3.8, 4) is 5.82 Å². The first-order chi connectivity index (χ1) is 11.4. The van der Waals surface area contributed by atoms with Crippen LogP contribution in [0.1, 0.15) is 34.9 Å². The first-order valence-electron chi connectivity index (χ1n) is 7.67. The van der Waals surface area contributed by atoms with Crippen LogP contribution in [0.5, 0.6) is 0 Å². The van der Waals surface area contributed by atoms with Crippen molar-refractivity contribution in [1.82, 2.24) is 19.7 Å². The third kappa shape index (κ3) is 3.35. The molecule has 0 spiro atoms. The third-order valence-corrected chi connectivity index (χ3v) is 4.67. The Kier molecular flexibility index (Phi) is 4.44. The Hall–Kier alpha value is -2.54. The van der Waals surface area contributed by atoms with Crippen LogP contribution >= 0.6 is 11.3 Å². The highest BCUT2D eigenvalue weighted by molar-refractivity contribution is 7.10. The van der Waals surface area contributed by atoms with Crippen LogP contribution in [0.4, 0.5) is 5.82 Å². The number of hydrogen-bond donors (Lipinski definition) is 1. The average Bonchev–Trinajstić information content (AvgIpc) is 3.15. The molecule has 1 atom stereocenters. The molecule has 0 aromatic carbocycles. The highest BCUT2D eigenvalue weighted by atomic mass is 32.1. The molecular formula is C17H19N5OS. The van der Waals surface area contributed by atoms with Gasteiger partial charge in [0.15, 0.2) is 5.82 Å². The van der Waals surface area contributed by atoms with E-state index < -0.39 is 0 Å². The first kappa shape index (κ1) is 16.3. The smallest absolute Gasteiger partial charge is 0.233 e. The third-order valence-electron chi connectivity index (χ3n) is 3.62. The number of amides is 1. The highest BCUT2D eigenvalue weighted by Gasteiger charge is 2.19. The number of hydrogen-bond acceptors (Lipinski definition) is 5. The van der Waals surface area contributed by atoms with Gasteiger partial charge in [-0.1, -0.05) is 6.07 Å². The second kappa shape index (κ2) is 6.52. The normalized spacial score (nSPS) is 12.2. The fourth-order valence-electron chi connectivity index (χ4n) is 2.47. The minimum Gasteiger partial charge on any atom is -0.310 e. The number of anilines is 1. The van der Waals surface area contributed by atoms with Crippen molar-refractivity contribution in [1.29, 1.82) is 0 Å². The van der Waals surface area contributed by atoms with Crippen molar-refractivity contribution in [3.63, 3.8) is 0 Å². The first-order valence-corrected chi connectivity index (χ1v) is 8.55. The lowest BCUT2D eigenvalue weighted by molar-refractivity contribution is -0.117. The van der Waals surface area contributed by atoms with E-state index >= 15 is 0 Å². The summed E-state index contributed by atoms with van der Waals surface area (Å²) in [6, 6.07) is 7.60. The molecule has 3 aromatic heterocycles. The molecule has 0 bridgehead atoms. The average molecular weight is 341 g/mol. The highest BCUT2D eigenvalue weighted by Crippen LogP contribution is 2.23. The number of aromatic nitrogens is 4. The van der Waals surface area contributed by atoms with Crippen LogP contribution in [0.3, 0.4) is 0 Å². The standard InChI is InChI=1S/C17H19N5OS/c1-10-8-15(19-13(4)18-10)22-16(9-11(2)21-22)20-17(23)12(3)14-6-5-7-24-14/h5-9,12H,1-4H3,(H,20,23)/t12-/m1/s1. The Bertz CT molecular complexity index is 849. The van der Waals surface area contributed by atoms with E-state index in [2.05, 4.69) is 20.4 Å². The summed E-state index contributed by atoms with van der Waals surface area (Å²) in [6.45, 7) is 7.53. The van der Waals surface area contributed by atoms with Gasteiger partial charge in [0.05, 0.1) is 11.6 Å². The van der Waals surface area contributed by atoms with E-state index in [0.29, 0.717) is 17.5 Å². The summed E-state index contributed by atoms with van der Waals surface area (Å²) in [5.74, 6) is 1.64. The summed E-state index contributed by atoms with van der Waals surface area (Å²) in [5.41, 5.74) is 1.66. The van der Waals surface area contributed by atoms with E-state index in [-0.39, 0.29) is 11.8 Å². The molecule has 124 valence electrons. The van der Waals surface area contributed by atoms with Crippen molar-refractivity contribution in [2.24, 2.45) is 0 Å². The van der Waals surface area contributed by atoms with Gasteiger partial charge in [-0.05, 0) is 39.1 Å². The van der Waals surface area contributed by atoms with E-state index in [1.165, 1.54) is 0 Å². The Morgan fingerprint density at radius 1 is 1.21 bits per heavy atom. The lowest BCUT2D eigenvalue weighted by Gasteiger charge is -2.12. The number of rotatable bonds is 4. The predicted molar refractivity (Wildman–Crippen MR) is 94.7 cm³/mol. The molecule has 3 aromatic rings. The largest absolute Gasteiger partial charge is 0.310 e. The van der Waals surface area contributed by atoms with Crippen molar-refractivity contribution in [2.45, 2.75) is 33.6 Å². The van der Waals surface area contributed by atoms with Gasteiger partial charge in [0.25, 0.3) is 0 Å². The van der Waals surface area contributed by atoms with Crippen molar-refractivity contribution in [3.05, 3.63) is 51.7 Å². The van der Waals surface area contributed by atoms with Gasteiger partial charge in [-0.15, -0.1) is 11.3 Å². The maximum absolute atomic E-state index is 12.6. The zero-order chi connectivity index (χ0) is 17.3. The number of thiophene rings is 1. The van der Waals surface area contributed by atoms with Crippen LogP contribution in [0.25, 0.3) is 5.82 Å². The Balaban J connectivity index is 1.90. The van der Waals surface area contributed by atoms with Crippen LogP contribution < -0.4 is 5.32 Å². The molecule has 24 heavy (non-hydrogen) atoms. The lowest BCUT2D eigenvalue weighted by atomic mass is 10.1. The van der Waals surface area contributed by atoms with Gasteiger partial charge in [-0.3, -0.25) is 4.79 Å². The van der Waals surface area contributed by atoms with Crippen molar-refractivity contribution in [2.75, 3.05) is 5.32 Å². The molecule has 0 aliphatic heterocycles. The molecule has 0 aliphatic rings. The summed E-state index contributed by atoms with van der Waals surface area (Å²) < 4.78 is 1.65. The van der Waals surface area contributed by atoms with Crippen LogP contribution in [0.15, 0.2) is 29.6 Å². The molecule has 1 amide bonds. The summed E-state index contributed by atoms with van der Waals surface area (Å²) in [6.07, 6.45) is 0. The molecule has 0 saturated heterocycles. The summed E-state index contributed by atoms with van der Waals surface area (Å²) >= 11 is 1.58. The lowest BCUT2D eigenvalue weighted by Crippen LogP contribution is -2.20. The molecule has 0 saturated carbocycles. The van der Waals surface area contributed by atoms with E-state index in [1.807, 2.05) is 57.3 Å². The Labute approximate surface area is 144 Å². The molecule has 3 rings (SSSR count).